The highest BCUT2D eigenvalue weighted by atomic mass is 35.7. The molecule has 0 saturated carbocycles. The molecule has 0 saturated heterocycles. The van der Waals surface area contributed by atoms with E-state index in [9.17, 15) is 0 Å². The predicted molar refractivity (Wildman–Crippen MR) is 74.0 cm³/mol. The average molecular weight is 350 g/mol. The van der Waals surface area contributed by atoms with Gasteiger partial charge in [0.15, 0.2) is 0 Å². The molecule has 1 heterocycles. The van der Waals surface area contributed by atoms with Crippen LogP contribution in [0.3, 0.4) is 0 Å². The van der Waals surface area contributed by atoms with Gasteiger partial charge in [-0.1, -0.05) is 53.2 Å². The Morgan fingerprint density at radius 1 is 0.917 bits per heavy atom. The second-order valence-corrected chi connectivity index (χ2v) is 5.69. The molecule has 1 aromatic heterocycles. The Hall–Kier alpha value is -2.29. The maximum absolute atomic E-state index is 8.49. The molecule has 0 bridgehead atoms. The predicted octanol–water partition coefficient (Wildman–Crippen LogP) is -1.99. The van der Waals surface area contributed by atoms with Crippen molar-refractivity contribution in [2.45, 2.75) is 13.0 Å². The van der Waals surface area contributed by atoms with Crippen LogP contribution < -0.4 is 23.2 Å². The molecular formula is C16H16ClN3O4. The molecule has 7 nitrogen and oxygen atoms in total. The fraction of sp³-hybridized carbons (Fsp3) is 0.125. The summed E-state index contributed by atoms with van der Waals surface area (Å²) in [4.78, 5) is 0. The van der Waals surface area contributed by atoms with E-state index in [1.165, 1.54) is 5.56 Å². The molecule has 24 heavy (non-hydrogen) atoms. The normalized spacial score (nSPS) is 12.2. The van der Waals surface area contributed by atoms with Crippen molar-refractivity contribution < 1.29 is 33.4 Å². The highest BCUT2D eigenvalue weighted by Gasteiger charge is 2.14. The third kappa shape index (κ3) is 5.73. The van der Waals surface area contributed by atoms with E-state index in [0.717, 1.165) is 5.69 Å². The van der Waals surface area contributed by atoms with Crippen molar-refractivity contribution in [3.63, 3.8) is 0 Å². The molecule has 8 heteroatoms. The van der Waals surface area contributed by atoms with E-state index in [-0.39, 0.29) is 6.04 Å². The first kappa shape index (κ1) is 18.1. The van der Waals surface area contributed by atoms with E-state index < -0.39 is 10.2 Å². The number of rotatable bonds is 3. The molecule has 1 atom stereocenters. The van der Waals surface area contributed by atoms with Gasteiger partial charge in [-0.2, -0.15) is 0 Å². The van der Waals surface area contributed by atoms with Crippen molar-refractivity contribution in [3.05, 3.63) is 78.9 Å². The fourth-order valence-electron chi connectivity index (χ4n) is 2.12. The van der Waals surface area contributed by atoms with Crippen molar-refractivity contribution in [1.29, 1.82) is 0 Å². The summed E-state index contributed by atoms with van der Waals surface area (Å²) in [5, 5.41) is 4.41. The van der Waals surface area contributed by atoms with Crippen LogP contribution in [-0.2, 0) is 0 Å². The second-order valence-electron chi connectivity index (χ2n) is 4.94. The van der Waals surface area contributed by atoms with Crippen molar-refractivity contribution in [2.24, 2.45) is 0 Å². The zero-order valence-corrected chi connectivity index (χ0v) is 13.6. The van der Waals surface area contributed by atoms with Crippen LogP contribution in [0.15, 0.2) is 73.3 Å². The Morgan fingerprint density at radius 3 is 1.96 bits per heavy atom. The summed E-state index contributed by atoms with van der Waals surface area (Å²) in [7, 11) is -4.94. The molecule has 0 radical (unpaired) electrons. The van der Waals surface area contributed by atoms with Crippen LogP contribution in [0.2, 0.25) is 0 Å². The number of hydrogen-bond acceptors (Lipinski definition) is 5. The van der Waals surface area contributed by atoms with Gasteiger partial charge in [0.2, 0.25) is 6.33 Å². The van der Waals surface area contributed by atoms with E-state index in [1.807, 2.05) is 53.7 Å². The van der Waals surface area contributed by atoms with Gasteiger partial charge in [0, 0.05) is 5.10 Å². The van der Waals surface area contributed by atoms with Crippen LogP contribution in [0, 0.1) is 10.2 Å². The van der Waals surface area contributed by atoms with Gasteiger partial charge in [0.1, 0.15) is 11.7 Å². The maximum atomic E-state index is 8.49. The zero-order chi connectivity index (χ0) is 17.6. The first-order valence-corrected chi connectivity index (χ1v) is 8.25. The Kier molecular flexibility index (Phi) is 6.02. The lowest BCUT2D eigenvalue weighted by Crippen LogP contribution is -2.68. The monoisotopic (exact) mass is 349 g/mol. The third-order valence-electron chi connectivity index (χ3n) is 3.30. The van der Waals surface area contributed by atoms with Gasteiger partial charge in [0.05, 0.1) is 0 Å². The molecule has 0 fully saturated rings. The Morgan fingerprint density at radius 2 is 1.42 bits per heavy atom. The molecular weight excluding hydrogens is 334 g/mol. The lowest BCUT2D eigenvalue weighted by molar-refractivity contribution is -2.00. The molecule has 3 rings (SSSR count). The minimum absolute atomic E-state index is 0.277. The van der Waals surface area contributed by atoms with Gasteiger partial charge in [0.25, 0.3) is 6.33 Å². The van der Waals surface area contributed by atoms with Crippen LogP contribution in [0.25, 0.3) is 5.69 Å². The second kappa shape index (κ2) is 8.00. The molecule has 2 aromatic carbocycles. The minimum Gasteiger partial charge on any atom is -0.230 e. The summed E-state index contributed by atoms with van der Waals surface area (Å²) >= 11 is 0. The van der Waals surface area contributed by atoms with Crippen molar-refractivity contribution in [2.75, 3.05) is 0 Å². The molecule has 0 amide bonds. The lowest BCUT2D eigenvalue weighted by atomic mass is 10.1. The Labute approximate surface area is 141 Å². The topological polar surface area (TPSA) is 114 Å². The number of hydrogen-bond donors (Lipinski definition) is 0. The molecule has 0 spiro atoms. The number of para-hydroxylation sites is 1. The summed E-state index contributed by atoms with van der Waals surface area (Å²) < 4.78 is 38.0. The summed E-state index contributed by atoms with van der Waals surface area (Å²) in [5.41, 5.74) is 2.35. The minimum atomic E-state index is -4.94. The molecule has 0 aliphatic heterocycles. The third-order valence-corrected chi connectivity index (χ3v) is 3.30. The maximum Gasteiger partial charge on any atom is 0.266 e. The quantitative estimate of drug-likeness (QED) is 0.508. The number of halogens is 1. The zero-order valence-electron chi connectivity index (χ0n) is 12.9. The smallest absolute Gasteiger partial charge is 0.230 e. The first-order valence-electron chi connectivity index (χ1n) is 7.02. The van der Waals surface area contributed by atoms with Crippen LogP contribution in [0.1, 0.15) is 18.5 Å². The molecule has 3 aromatic rings. The molecule has 0 N–H and O–H groups in total. The summed E-state index contributed by atoms with van der Waals surface area (Å²) in [6.45, 7) is 2.17. The van der Waals surface area contributed by atoms with Crippen molar-refractivity contribution >= 4 is 0 Å². The number of nitrogens with zero attached hydrogens (tertiary/aromatic N) is 3. The van der Waals surface area contributed by atoms with Gasteiger partial charge in [-0.3, -0.25) is 0 Å². The van der Waals surface area contributed by atoms with Crippen LogP contribution in [0.5, 0.6) is 0 Å². The fourth-order valence-corrected chi connectivity index (χ4v) is 2.12. The highest BCUT2D eigenvalue weighted by molar-refractivity contribution is 5.28. The molecule has 0 aliphatic carbocycles. The van der Waals surface area contributed by atoms with E-state index in [1.54, 1.807) is 0 Å². The van der Waals surface area contributed by atoms with Crippen LogP contribution >= 0.6 is 0 Å². The van der Waals surface area contributed by atoms with E-state index in [2.05, 4.69) is 40.9 Å². The SMILES string of the molecule is C[C@H](c1ccccc1)[n+]1cnn(-c2ccccc2)c1.[O-][Cl+3]([O-])([O-])[O-]. The molecule has 0 aliphatic rings. The largest absolute Gasteiger partial charge is 0.266 e. The van der Waals surface area contributed by atoms with Gasteiger partial charge < -0.3 is 0 Å². The molecule has 0 unspecified atom stereocenters. The lowest BCUT2D eigenvalue weighted by Gasteiger charge is -2.17. The van der Waals surface area contributed by atoms with Crippen LogP contribution in [0.4, 0.5) is 0 Å². The Balaban J connectivity index is 0.000000368. The van der Waals surface area contributed by atoms with Crippen molar-refractivity contribution in [3.8, 4) is 5.69 Å². The van der Waals surface area contributed by atoms with E-state index in [4.69, 9.17) is 18.6 Å². The number of benzene rings is 2. The Bertz CT molecular complexity index is 739. The van der Waals surface area contributed by atoms with Crippen LogP contribution in [-0.4, -0.2) is 9.78 Å². The average Bonchev–Trinajstić information content (AvgIpc) is 3.04. The van der Waals surface area contributed by atoms with E-state index >= 15 is 0 Å². The number of aromatic nitrogens is 3. The first-order chi connectivity index (χ1) is 11.3. The van der Waals surface area contributed by atoms with Gasteiger partial charge >= 0.3 is 0 Å². The standard InChI is InChI=1S/C16H16N3.ClHO4/c1-14(15-8-4-2-5-9-15)18-12-17-19(13-18)16-10-6-3-7-11-16;2-1(3,4)5/h2-14H,1H3;(H,2,3,4,5)/q+1;/p-1/t14-;/m1./s1. The highest BCUT2D eigenvalue weighted by Crippen LogP contribution is 2.11. The van der Waals surface area contributed by atoms with Gasteiger partial charge in [-0.15, -0.1) is 10.2 Å². The summed E-state index contributed by atoms with van der Waals surface area (Å²) in [6.07, 6.45) is 3.89. The summed E-state index contributed by atoms with van der Waals surface area (Å²) in [6, 6.07) is 20.8. The van der Waals surface area contributed by atoms with Gasteiger partial charge in [-0.05, 0) is 24.6 Å². The molecule has 126 valence electrons. The van der Waals surface area contributed by atoms with Crippen molar-refractivity contribution in [1.82, 2.24) is 9.78 Å². The van der Waals surface area contributed by atoms with E-state index in [0.29, 0.717) is 0 Å². The summed E-state index contributed by atoms with van der Waals surface area (Å²) in [5.74, 6) is 0. The van der Waals surface area contributed by atoms with Gasteiger partial charge in [-0.25, -0.2) is 23.2 Å².